The second-order valence-electron chi connectivity index (χ2n) is 7.74. The van der Waals surface area contributed by atoms with Crippen molar-refractivity contribution < 1.29 is 4.79 Å². The second kappa shape index (κ2) is 9.62. The third kappa shape index (κ3) is 5.15. The van der Waals surface area contributed by atoms with E-state index in [0.29, 0.717) is 18.4 Å². The molecule has 0 atom stereocenters. The van der Waals surface area contributed by atoms with E-state index in [4.69, 9.17) is 0 Å². The first kappa shape index (κ1) is 19.5. The molecule has 6 nitrogen and oxygen atoms in total. The topological polar surface area (TPSA) is 63.9 Å². The number of aryl methyl sites for hydroxylation is 1. The number of tetrazole rings is 1. The van der Waals surface area contributed by atoms with Crippen LogP contribution in [0.25, 0.3) is 5.69 Å². The van der Waals surface area contributed by atoms with E-state index in [-0.39, 0.29) is 6.04 Å². The van der Waals surface area contributed by atoms with Crippen LogP contribution in [0.3, 0.4) is 0 Å². The van der Waals surface area contributed by atoms with Gasteiger partial charge < -0.3 is 4.90 Å². The van der Waals surface area contributed by atoms with Crippen molar-refractivity contribution in [1.82, 2.24) is 25.1 Å². The third-order valence-corrected chi connectivity index (χ3v) is 5.39. The zero-order valence-corrected chi connectivity index (χ0v) is 16.5. The van der Waals surface area contributed by atoms with E-state index in [1.165, 1.54) is 19.3 Å². The van der Waals surface area contributed by atoms with Gasteiger partial charge in [0.05, 0.1) is 5.69 Å². The summed E-state index contributed by atoms with van der Waals surface area (Å²) in [5, 5.41) is 12.1. The van der Waals surface area contributed by atoms with Crippen LogP contribution in [0, 0.1) is 0 Å². The molecule has 0 N–H and O–H groups in total. The van der Waals surface area contributed by atoms with Crippen molar-refractivity contribution in [2.75, 3.05) is 0 Å². The van der Waals surface area contributed by atoms with Crippen molar-refractivity contribution in [3.63, 3.8) is 0 Å². The molecular formula is C21H31N5O. The largest absolute Gasteiger partial charge is 0.337 e. The lowest BCUT2D eigenvalue weighted by Gasteiger charge is -2.37. The molecule has 0 aliphatic heterocycles. The Morgan fingerprint density at radius 3 is 2.59 bits per heavy atom. The van der Waals surface area contributed by atoms with E-state index in [1.807, 2.05) is 30.3 Å². The number of para-hydroxylation sites is 1. The molecule has 0 unspecified atom stereocenters. The van der Waals surface area contributed by atoms with Crippen molar-refractivity contribution in [2.24, 2.45) is 0 Å². The Morgan fingerprint density at radius 1 is 1.15 bits per heavy atom. The van der Waals surface area contributed by atoms with Gasteiger partial charge in [0, 0.05) is 24.9 Å². The molecule has 1 amide bonds. The van der Waals surface area contributed by atoms with Gasteiger partial charge in [-0.05, 0) is 62.1 Å². The highest BCUT2D eigenvalue weighted by Gasteiger charge is 2.27. The van der Waals surface area contributed by atoms with E-state index in [9.17, 15) is 4.79 Å². The minimum atomic E-state index is 0.283. The lowest BCUT2D eigenvalue weighted by atomic mass is 9.93. The maximum absolute atomic E-state index is 12.8. The molecule has 1 fully saturated rings. The van der Waals surface area contributed by atoms with Gasteiger partial charge in [-0.25, -0.2) is 0 Å². The smallest absolute Gasteiger partial charge is 0.223 e. The van der Waals surface area contributed by atoms with Gasteiger partial charge in [-0.15, -0.1) is 5.10 Å². The highest BCUT2D eigenvalue weighted by molar-refractivity contribution is 5.76. The quantitative estimate of drug-likeness (QED) is 0.661. The summed E-state index contributed by atoms with van der Waals surface area (Å²) in [5.74, 6) is 1.15. The van der Waals surface area contributed by atoms with Crippen LogP contribution < -0.4 is 0 Å². The number of carbonyl (C=O) groups excluding carboxylic acids is 1. The van der Waals surface area contributed by atoms with Gasteiger partial charge in [0.2, 0.25) is 5.91 Å². The molecule has 27 heavy (non-hydrogen) atoms. The van der Waals surface area contributed by atoms with Gasteiger partial charge >= 0.3 is 0 Å². The van der Waals surface area contributed by atoms with Crippen molar-refractivity contribution >= 4 is 5.91 Å². The average Bonchev–Trinajstić information content (AvgIpc) is 3.15. The summed E-state index contributed by atoms with van der Waals surface area (Å²) in [5.41, 5.74) is 0.969. The third-order valence-electron chi connectivity index (χ3n) is 5.39. The van der Waals surface area contributed by atoms with Crippen LogP contribution in [0.15, 0.2) is 30.3 Å². The first-order chi connectivity index (χ1) is 13.2. The molecule has 1 saturated carbocycles. The summed E-state index contributed by atoms with van der Waals surface area (Å²) in [4.78, 5) is 15.0. The standard InChI is InChI=1S/C21H31N5O/c1-17(2)25(18-11-5-3-6-12-18)21(27)16-10-9-15-20-22-23-24-26(20)19-13-7-4-8-14-19/h4,7-8,13-14,17-18H,3,5-6,9-12,15-16H2,1-2H3. The SMILES string of the molecule is CC(C)N(C(=O)CCCCc1nnnn1-c1ccccc1)C1CCCCC1. The molecule has 3 rings (SSSR count). The van der Waals surface area contributed by atoms with Gasteiger partial charge in [0.25, 0.3) is 0 Å². The monoisotopic (exact) mass is 369 g/mol. The van der Waals surface area contributed by atoms with Crippen LogP contribution in [0.2, 0.25) is 0 Å². The molecule has 0 saturated heterocycles. The zero-order valence-electron chi connectivity index (χ0n) is 16.5. The maximum Gasteiger partial charge on any atom is 0.223 e. The molecular weight excluding hydrogens is 338 g/mol. The van der Waals surface area contributed by atoms with E-state index >= 15 is 0 Å². The number of carbonyl (C=O) groups is 1. The van der Waals surface area contributed by atoms with Gasteiger partial charge in [-0.3, -0.25) is 4.79 Å². The number of benzene rings is 1. The van der Waals surface area contributed by atoms with E-state index < -0.39 is 0 Å². The highest BCUT2D eigenvalue weighted by Crippen LogP contribution is 2.25. The molecule has 1 aliphatic carbocycles. The number of unbranched alkanes of at least 4 members (excludes halogenated alkanes) is 1. The first-order valence-electron chi connectivity index (χ1n) is 10.3. The molecule has 1 aromatic carbocycles. The Balaban J connectivity index is 1.50. The minimum Gasteiger partial charge on any atom is -0.337 e. The van der Waals surface area contributed by atoms with Gasteiger partial charge in [-0.1, -0.05) is 37.5 Å². The van der Waals surface area contributed by atoms with Crippen LogP contribution in [0.5, 0.6) is 0 Å². The van der Waals surface area contributed by atoms with Crippen LogP contribution in [0.4, 0.5) is 0 Å². The number of nitrogens with zero attached hydrogens (tertiary/aromatic N) is 5. The molecule has 0 radical (unpaired) electrons. The van der Waals surface area contributed by atoms with Crippen LogP contribution in [-0.4, -0.2) is 43.1 Å². The summed E-state index contributed by atoms with van der Waals surface area (Å²) >= 11 is 0. The summed E-state index contributed by atoms with van der Waals surface area (Å²) in [6.07, 6.45) is 9.32. The fourth-order valence-corrected chi connectivity index (χ4v) is 4.09. The maximum atomic E-state index is 12.8. The molecule has 6 heteroatoms. The normalized spacial score (nSPS) is 15.2. The summed E-state index contributed by atoms with van der Waals surface area (Å²) in [7, 11) is 0. The van der Waals surface area contributed by atoms with Crippen molar-refractivity contribution in [3.8, 4) is 5.69 Å². The molecule has 146 valence electrons. The van der Waals surface area contributed by atoms with Gasteiger partial charge in [-0.2, -0.15) is 4.68 Å². The fraction of sp³-hybridized carbons (Fsp3) is 0.619. The number of aromatic nitrogens is 4. The number of hydrogen-bond donors (Lipinski definition) is 0. The summed E-state index contributed by atoms with van der Waals surface area (Å²) in [6.45, 7) is 4.28. The molecule has 1 aliphatic rings. The minimum absolute atomic E-state index is 0.283. The van der Waals surface area contributed by atoms with Gasteiger partial charge in [0.1, 0.15) is 0 Å². The molecule has 1 heterocycles. The first-order valence-corrected chi connectivity index (χ1v) is 10.3. The Morgan fingerprint density at radius 2 is 1.89 bits per heavy atom. The van der Waals surface area contributed by atoms with E-state index in [2.05, 4.69) is 34.3 Å². The van der Waals surface area contributed by atoms with Crippen molar-refractivity contribution in [3.05, 3.63) is 36.2 Å². The molecule has 0 bridgehead atoms. The van der Waals surface area contributed by atoms with E-state index in [1.54, 1.807) is 4.68 Å². The van der Waals surface area contributed by atoms with Crippen LogP contribution >= 0.6 is 0 Å². The Bertz CT molecular complexity index is 706. The van der Waals surface area contributed by atoms with Crippen LogP contribution in [-0.2, 0) is 11.2 Å². The van der Waals surface area contributed by atoms with Crippen molar-refractivity contribution in [2.45, 2.75) is 83.7 Å². The predicted octanol–water partition coefficient (Wildman–Crippen LogP) is 3.94. The second-order valence-corrected chi connectivity index (χ2v) is 7.74. The van der Waals surface area contributed by atoms with E-state index in [0.717, 1.165) is 43.6 Å². The number of rotatable bonds is 8. The van der Waals surface area contributed by atoms with Crippen molar-refractivity contribution in [1.29, 1.82) is 0 Å². The van der Waals surface area contributed by atoms with Gasteiger partial charge in [0.15, 0.2) is 5.82 Å². The summed E-state index contributed by atoms with van der Waals surface area (Å²) in [6, 6.07) is 10.6. The van der Waals surface area contributed by atoms with Crippen LogP contribution in [0.1, 0.15) is 71.0 Å². The summed E-state index contributed by atoms with van der Waals surface area (Å²) < 4.78 is 1.78. The Labute approximate surface area is 161 Å². The Hall–Kier alpha value is -2.24. The number of amides is 1. The lowest BCUT2D eigenvalue weighted by molar-refractivity contribution is -0.136. The number of hydrogen-bond acceptors (Lipinski definition) is 4. The Kier molecular flexibility index (Phi) is 6.96. The average molecular weight is 370 g/mol. The highest BCUT2D eigenvalue weighted by atomic mass is 16.2. The molecule has 1 aromatic heterocycles. The lowest BCUT2D eigenvalue weighted by Crippen LogP contribution is -2.45. The molecule has 2 aromatic rings. The fourth-order valence-electron chi connectivity index (χ4n) is 4.09. The predicted molar refractivity (Wildman–Crippen MR) is 106 cm³/mol. The zero-order chi connectivity index (χ0) is 19.1. The molecule has 0 spiro atoms.